The molecule has 2 rings (SSSR count). The number of halogens is 3. The molecule has 0 heterocycles. The third-order valence-corrected chi connectivity index (χ3v) is 5.53. The van der Waals surface area contributed by atoms with Gasteiger partial charge in [0.15, 0.2) is 0 Å². The van der Waals surface area contributed by atoms with E-state index in [1.54, 1.807) is 12.1 Å². The second-order valence-electron chi connectivity index (χ2n) is 3.85. The van der Waals surface area contributed by atoms with Crippen LogP contribution in [-0.2, 0) is 10.0 Å². The van der Waals surface area contributed by atoms with E-state index < -0.39 is 10.0 Å². The van der Waals surface area contributed by atoms with Crippen molar-refractivity contribution in [3.8, 4) is 5.75 Å². The summed E-state index contributed by atoms with van der Waals surface area (Å²) in [7, 11) is -3.67. The maximum absolute atomic E-state index is 12.2. The van der Waals surface area contributed by atoms with Crippen molar-refractivity contribution < 1.29 is 13.5 Å². The minimum Gasteiger partial charge on any atom is -0.506 e. The first-order valence-corrected chi connectivity index (χ1v) is 9.12. The molecule has 20 heavy (non-hydrogen) atoms. The van der Waals surface area contributed by atoms with Gasteiger partial charge in [-0.2, -0.15) is 0 Å². The van der Waals surface area contributed by atoms with Crippen LogP contribution in [0, 0.1) is 0 Å². The van der Waals surface area contributed by atoms with Gasteiger partial charge in [0.2, 0.25) is 0 Å². The average molecular weight is 486 g/mol. The zero-order valence-electron chi connectivity index (χ0n) is 9.77. The van der Waals surface area contributed by atoms with Crippen LogP contribution in [0.1, 0.15) is 0 Å². The zero-order valence-corrected chi connectivity index (χ0v) is 15.3. The van der Waals surface area contributed by atoms with E-state index in [4.69, 9.17) is 0 Å². The highest BCUT2D eigenvalue weighted by Gasteiger charge is 2.15. The van der Waals surface area contributed by atoms with Crippen LogP contribution in [0.25, 0.3) is 0 Å². The number of sulfonamides is 1. The maximum Gasteiger partial charge on any atom is 0.261 e. The lowest BCUT2D eigenvalue weighted by atomic mass is 10.3. The minimum atomic E-state index is -3.67. The average Bonchev–Trinajstić information content (AvgIpc) is 2.36. The smallest absolute Gasteiger partial charge is 0.261 e. The fourth-order valence-corrected chi connectivity index (χ4v) is 3.94. The van der Waals surface area contributed by atoms with E-state index in [1.807, 2.05) is 0 Å². The Kier molecular flexibility index (Phi) is 4.78. The predicted octanol–water partition coefficient (Wildman–Crippen LogP) is 4.48. The van der Waals surface area contributed by atoms with Gasteiger partial charge in [-0.3, -0.25) is 4.72 Å². The number of benzene rings is 2. The Morgan fingerprint density at radius 2 is 1.45 bits per heavy atom. The van der Waals surface area contributed by atoms with E-state index in [0.717, 1.165) is 4.47 Å². The van der Waals surface area contributed by atoms with Crippen LogP contribution in [0.5, 0.6) is 5.75 Å². The van der Waals surface area contributed by atoms with Gasteiger partial charge in [0.1, 0.15) is 5.75 Å². The highest BCUT2D eigenvalue weighted by molar-refractivity contribution is 9.11. The summed E-state index contributed by atoms with van der Waals surface area (Å²) in [5, 5.41) is 9.60. The van der Waals surface area contributed by atoms with Crippen molar-refractivity contribution in [2.24, 2.45) is 0 Å². The second kappa shape index (κ2) is 6.05. The van der Waals surface area contributed by atoms with E-state index in [2.05, 4.69) is 52.5 Å². The molecule has 0 aliphatic heterocycles. The van der Waals surface area contributed by atoms with Crippen LogP contribution in [0.4, 0.5) is 5.69 Å². The van der Waals surface area contributed by atoms with Crippen molar-refractivity contribution in [2.45, 2.75) is 4.90 Å². The maximum atomic E-state index is 12.2. The lowest BCUT2D eigenvalue weighted by Gasteiger charge is -2.10. The van der Waals surface area contributed by atoms with E-state index in [0.29, 0.717) is 14.6 Å². The SMILES string of the molecule is O=S(=O)(Nc1cc(Br)c(O)c(Br)c1)c1ccc(Br)cc1. The van der Waals surface area contributed by atoms with Gasteiger partial charge in [-0.15, -0.1) is 0 Å². The molecule has 0 fully saturated rings. The van der Waals surface area contributed by atoms with Crippen molar-refractivity contribution in [1.82, 2.24) is 0 Å². The van der Waals surface area contributed by atoms with Crippen LogP contribution in [0.15, 0.2) is 54.7 Å². The quantitative estimate of drug-likeness (QED) is 0.630. The molecule has 0 atom stereocenters. The number of nitrogens with one attached hydrogen (secondary N) is 1. The molecule has 0 aliphatic carbocycles. The van der Waals surface area contributed by atoms with Crippen LogP contribution in [0.3, 0.4) is 0 Å². The third-order valence-electron chi connectivity index (χ3n) is 2.39. The number of rotatable bonds is 3. The summed E-state index contributed by atoms with van der Waals surface area (Å²) in [5.74, 6) is 0.0107. The lowest BCUT2D eigenvalue weighted by Crippen LogP contribution is -2.12. The van der Waals surface area contributed by atoms with Gasteiger partial charge >= 0.3 is 0 Å². The zero-order chi connectivity index (χ0) is 14.9. The summed E-state index contributed by atoms with van der Waals surface area (Å²) >= 11 is 9.55. The molecule has 2 N–H and O–H groups in total. The van der Waals surface area contributed by atoms with Crippen molar-refractivity contribution in [2.75, 3.05) is 4.72 Å². The highest BCUT2D eigenvalue weighted by atomic mass is 79.9. The third kappa shape index (κ3) is 3.55. The first-order chi connectivity index (χ1) is 9.29. The number of phenolic OH excluding ortho intramolecular Hbond substituents is 1. The number of phenols is 1. The Labute approximate surface area is 141 Å². The van der Waals surface area contributed by atoms with Crippen molar-refractivity contribution >= 4 is 63.5 Å². The molecule has 0 radical (unpaired) electrons. The molecule has 4 nitrogen and oxygen atoms in total. The van der Waals surface area contributed by atoms with Gasteiger partial charge in [-0.1, -0.05) is 15.9 Å². The summed E-state index contributed by atoms with van der Waals surface area (Å²) in [6.07, 6.45) is 0. The monoisotopic (exact) mass is 483 g/mol. The van der Waals surface area contributed by atoms with Crippen molar-refractivity contribution in [3.05, 3.63) is 49.8 Å². The summed E-state index contributed by atoms with van der Waals surface area (Å²) in [6, 6.07) is 9.26. The predicted molar refractivity (Wildman–Crippen MR) is 88.5 cm³/mol. The molecule has 0 bridgehead atoms. The van der Waals surface area contributed by atoms with Gasteiger partial charge in [0, 0.05) is 4.47 Å². The Balaban J connectivity index is 2.36. The van der Waals surface area contributed by atoms with Crippen LogP contribution in [-0.4, -0.2) is 13.5 Å². The normalized spacial score (nSPS) is 11.3. The summed E-state index contributed by atoms with van der Waals surface area (Å²) in [4.78, 5) is 0.154. The van der Waals surface area contributed by atoms with E-state index in [-0.39, 0.29) is 10.6 Å². The molecule has 0 aliphatic rings. The molecule has 8 heteroatoms. The van der Waals surface area contributed by atoms with Gasteiger partial charge < -0.3 is 5.11 Å². The lowest BCUT2D eigenvalue weighted by molar-refractivity contribution is 0.468. The Bertz CT molecular complexity index is 722. The number of aromatic hydroxyl groups is 1. The molecule has 0 saturated heterocycles. The molecule has 0 spiro atoms. The summed E-state index contributed by atoms with van der Waals surface area (Å²) in [6.45, 7) is 0. The summed E-state index contributed by atoms with van der Waals surface area (Å²) < 4.78 is 28.4. The van der Waals surface area contributed by atoms with E-state index in [1.165, 1.54) is 24.3 Å². The molecule has 2 aromatic rings. The number of anilines is 1. The summed E-state index contributed by atoms with van der Waals surface area (Å²) in [5.41, 5.74) is 0.337. The Morgan fingerprint density at radius 3 is 1.95 bits per heavy atom. The Hall–Kier alpha value is -0.570. The van der Waals surface area contributed by atoms with Gasteiger partial charge in [0.05, 0.1) is 19.5 Å². The van der Waals surface area contributed by atoms with Gasteiger partial charge in [-0.25, -0.2) is 8.42 Å². The van der Waals surface area contributed by atoms with Crippen molar-refractivity contribution in [1.29, 1.82) is 0 Å². The second-order valence-corrected chi connectivity index (χ2v) is 8.15. The fourth-order valence-electron chi connectivity index (χ4n) is 1.45. The van der Waals surface area contributed by atoms with E-state index >= 15 is 0 Å². The first-order valence-electron chi connectivity index (χ1n) is 5.26. The standard InChI is InChI=1S/C12H8Br3NO3S/c13-7-1-3-9(4-2-7)20(18,19)16-8-5-10(14)12(17)11(15)6-8/h1-6,16-17H. The van der Waals surface area contributed by atoms with Crippen molar-refractivity contribution in [3.63, 3.8) is 0 Å². The molecule has 0 saturated carbocycles. The number of hydrogen-bond donors (Lipinski definition) is 2. The molecule has 0 amide bonds. The fraction of sp³-hybridized carbons (Fsp3) is 0. The van der Waals surface area contributed by atoms with Crippen LogP contribution < -0.4 is 4.72 Å². The highest BCUT2D eigenvalue weighted by Crippen LogP contribution is 2.35. The number of hydrogen-bond acceptors (Lipinski definition) is 3. The molecular formula is C12H8Br3NO3S. The van der Waals surface area contributed by atoms with Gasteiger partial charge in [-0.05, 0) is 68.3 Å². The molecule has 106 valence electrons. The topological polar surface area (TPSA) is 66.4 Å². The van der Waals surface area contributed by atoms with Crippen LogP contribution in [0.2, 0.25) is 0 Å². The molecular weight excluding hydrogens is 478 g/mol. The first kappa shape index (κ1) is 15.8. The molecule has 0 unspecified atom stereocenters. The molecule has 2 aromatic carbocycles. The Morgan fingerprint density at radius 1 is 0.950 bits per heavy atom. The largest absolute Gasteiger partial charge is 0.506 e. The van der Waals surface area contributed by atoms with Crippen LogP contribution >= 0.6 is 47.8 Å². The van der Waals surface area contributed by atoms with E-state index in [9.17, 15) is 13.5 Å². The molecule has 0 aromatic heterocycles. The van der Waals surface area contributed by atoms with Gasteiger partial charge in [0.25, 0.3) is 10.0 Å². The minimum absolute atomic E-state index is 0.0107.